The molecule has 0 saturated heterocycles. The molecule has 1 fully saturated rings. The molecule has 2 aliphatic carbocycles. The minimum absolute atomic E-state index is 0.0784. The largest absolute Gasteiger partial charge is 0.362 e. The summed E-state index contributed by atoms with van der Waals surface area (Å²) >= 11 is 18.2. The third-order valence-electron chi connectivity index (χ3n) is 6.23. The molecule has 10 heteroatoms. The number of fused-ring (bicyclic) bond motifs is 1. The summed E-state index contributed by atoms with van der Waals surface area (Å²) in [6.07, 6.45) is 8.01. The van der Waals surface area contributed by atoms with E-state index in [9.17, 15) is 4.79 Å². The van der Waals surface area contributed by atoms with Crippen molar-refractivity contribution in [3.05, 3.63) is 38.5 Å². The van der Waals surface area contributed by atoms with Crippen molar-refractivity contribution in [2.75, 3.05) is 29.6 Å². The number of hydrogen-bond donors (Lipinski definition) is 3. The fourth-order valence-electron chi connectivity index (χ4n) is 4.57. The van der Waals surface area contributed by atoms with Crippen LogP contribution in [0.15, 0.2) is 12.1 Å². The first-order chi connectivity index (χ1) is 15.8. The number of nitrogens with zero attached hydrogens (tertiary/aromatic N) is 3. The molecule has 7 nitrogen and oxygen atoms in total. The van der Waals surface area contributed by atoms with E-state index in [0.717, 1.165) is 44.3 Å². The number of carbonyl (C=O) groups is 1. The van der Waals surface area contributed by atoms with Crippen LogP contribution < -0.4 is 20.9 Å². The monoisotopic (exact) mass is 510 g/mol. The quantitative estimate of drug-likeness (QED) is 0.464. The molecule has 178 valence electrons. The average molecular weight is 512 g/mol. The lowest BCUT2D eigenvalue weighted by atomic mass is 9.91. The van der Waals surface area contributed by atoms with E-state index in [4.69, 9.17) is 44.8 Å². The van der Waals surface area contributed by atoms with Gasteiger partial charge in [-0.2, -0.15) is 4.98 Å². The van der Waals surface area contributed by atoms with E-state index in [2.05, 4.69) is 20.9 Å². The van der Waals surface area contributed by atoms with Gasteiger partial charge in [-0.05, 0) is 63.5 Å². The molecule has 0 atom stereocenters. The second kappa shape index (κ2) is 10.5. The van der Waals surface area contributed by atoms with Gasteiger partial charge in [0.05, 0.1) is 21.4 Å². The Kier molecular flexibility index (Phi) is 7.72. The summed E-state index contributed by atoms with van der Waals surface area (Å²) in [7, 11) is 4.07. The summed E-state index contributed by atoms with van der Waals surface area (Å²) in [6, 6.07) is 3.13. The van der Waals surface area contributed by atoms with Gasteiger partial charge in [-0.3, -0.25) is 0 Å². The van der Waals surface area contributed by atoms with Gasteiger partial charge in [-0.1, -0.05) is 34.8 Å². The molecule has 1 saturated carbocycles. The third-order valence-corrected chi connectivity index (χ3v) is 7.04. The lowest BCUT2D eigenvalue weighted by Gasteiger charge is -2.30. The number of benzene rings is 1. The smallest absolute Gasteiger partial charge is 0.319 e. The Labute approximate surface area is 209 Å². The number of rotatable bonds is 5. The Hall–Kier alpha value is -1.96. The van der Waals surface area contributed by atoms with Gasteiger partial charge in [0.25, 0.3) is 0 Å². The maximum Gasteiger partial charge on any atom is 0.319 e. The van der Waals surface area contributed by atoms with Gasteiger partial charge in [-0.25, -0.2) is 9.78 Å². The normalized spacial score (nSPS) is 20.0. The van der Waals surface area contributed by atoms with Crippen molar-refractivity contribution in [2.45, 2.75) is 63.5 Å². The van der Waals surface area contributed by atoms with E-state index < -0.39 is 0 Å². The van der Waals surface area contributed by atoms with Gasteiger partial charge in [0.15, 0.2) is 0 Å². The highest BCUT2D eigenvalue weighted by molar-refractivity contribution is 6.42. The molecule has 1 aromatic carbocycles. The summed E-state index contributed by atoms with van der Waals surface area (Å²) in [4.78, 5) is 24.2. The molecular weight excluding hydrogens is 483 g/mol. The van der Waals surface area contributed by atoms with Crippen LogP contribution in [0.2, 0.25) is 15.1 Å². The van der Waals surface area contributed by atoms with Crippen LogP contribution >= 0.6 is 34.8 Å². The zero-order valence-corrected chi connectivity index (χ0v) is 21.1. The molecular formula is C23H29Cl3N6O. The summed E-state index contributed by atoms with van der Waals surface area (Å²) < 4.78 is 0. The van der Waals surface area contributed by atoms with E-state index in [1.165, 1.54) is 24.1 Å². The van der Waals surface area contributed by atoms with Crippen molar-refractivity contribution in [1.82, 2.24) is 15.3 Å². The van der Waals surface area contributed by atoms with Gasteiger partial charge in [0, 0.05) is 36.8 Å². The van der Waals surface area contributed by atoms with Crippen molar-refractivity contribution in [2.24, 2.45) is 0 Å². The van der Waals surface area contributed by atoms with Crippen LogP contribution in [0.1, 0.15) is 49.8 Å². The summed E-state index contributed by atoms with van der Waals surface area (Å²) in [5.41, 5.74) is 2.82. The molecule has 0 radical (unpaired) electrons. The van der Waals surface area contributed by atoms with E-state index in [1.54, 1.807) is 12.1 Å². The Balaban J connectivity index is 1.31. The van der Waals surface area contributed by atoms with E-state index in [1.807, 2.05) is 14.1 Å². The summed E-state index contributed by atoms with van der Waals surface area (Å²) in [5.74, 6) is 1.73. The Bertz CT molecular complexity index is 1000. The van der Waals surface area contributed by atoms with Crippen LogP contribution in [0.25, 0.3) is 0 Å². The van der Waals surface area contributed by atoms with Crippen molar-refractivity contribution in [1.29, 1.82) is 0 Å². The molecule has 0 spiro atoms. The predicted molar refractivity (Wildman–Crippen MR) is 136 cm³/mol. The minimum atomic E-state index is -0.328. The molecule has 4 rings (SSSR count). The fraction of sp³-hybridized carbons (Fsp3) is 0.522. The maximum atomic E-state index is 12.5. The van der Waals surface area contributed by atoms with Gasteiger partial charge in [0.2, 0.25) is 5.95 Å². The van der Waals surface area contributed by atoms with Crippen LogP contribution in [0.4, 0.5) is 22.2 Å². The molecule has 3 N–H and O–H groups in total. The lowest BCUT2D eigenvalue weighted by molar-refractivity contribution is 0.243. The number of urea groups is 1. The zero-order valence-electron chi connectivity index (χ0n) is 18.9. The summed E-state index contributed by atoms with van der Waals surface area (Å²) in [6.45, 7) is 0. The number of amides is 2. The number of hydrogen-bond acceptors (Lipinski definition) is 5. The maximum absolute atomic E-state index is 12.5. The first-order valence-electron chi connectivity index (χ1n) is 11.4. The molecule has 1 heterocycles. The number of halogens is 3. The highest BCUT2D eigenvalue weighted by Crippen LogP contribution is 2.34. The van der Waals surface area contributed by atoms with Crippen LogP contribution in [0.5, 0.6) is 0 Å². The lowest BCUT2D eigenvalue weighted by Crippen LogP contribution is -2.42. The molecule has 0 aliphatic heterocycles. The second-order valence-electron chi connectivity index (χ2n) is 8.93. The first-order valence-corrected chi connectivity index (χ1v) is 12.5. The van der Waals surface area contributed by atoms with Crippen molar-refractivity contribution < 1.29 is 4.79 Å². The number of anilines is 3. The Morgan fingerprint density at radius 2 is 1.61 bits per heavy atom. The average Bonchev–Trinajstić information content (AvgIpc) is 2.77. The third kappa shape index (κ3) is 5.94. The van der Waals surface area contributed by atoms with Crippen molar-refractivity contribution in [3.63, 3.8) is 0 Å². The Morgan fingerprint density at radius 3 is 2.27 bits per heavy atom. The van der Waals surface area contributed by atoms with Gasteiger partial charge in [0.1, 0.15) is 5.82 Å². The van der Waals surface area contributed by atoms with Gasteiger partial charge >= 0.3 is 6.03 Å². The van der Waals surface area contributed by atoms with Gasteiger partial charge in [-0.15, -0.1) is 0 Å². The molecule has 2 aromatic rings. The molecule has 33 heavy (non-hydrogen) atoms. The second-order valence-corrected chi connectivity index (χ2v) is 10.2. The predicted octanol–water partition coefficient (Wildman–Crippen LogP) is 5.93. The fourth-order valence-corrected chi connectivity index (χ4v) is 5.48. The molecule has 0 bridgehead atoms. The number of carbonyl (C=O) groups excluding carboxylic acids is 1. The summed E-state index contributed by atoms with van der Waals surface area (Å²) in [5, 5.41) is 10.3. The van der Waals surface area contributed by atoms with Crippen molar-refractivity contribution in [3.8, 4) is 0 Å². The van der Waals surface area contributed by atoms with Crippen LogP contribution in [-0.2, 0) is 12.8 Å². The molecule has 2 amide bonds. The van der Waals surface area contributed by atoms with E-state index in [-0.39, 0.29) is 18.1 Å². The number of aromatic nitrogens is 2. The molecule has 0 unspecified atom stereocenters. The van der Waals surface area contributed by atoms with Crippen molar-refractivity contribution >= 4 is 58.3 Å². The highest BCUT2D eigenvalue weighted by atomic mass is 35.5. The van der Waals surface area contributed by atoms with Crippen LogP contribution in [0, 0.1) is 0 Å². The zero-order chi connectivity index (χ0) is 23.5. The number of aryl methyl sites for hydroxylation is 1. The van der Waals surface area contributed by atoms with E-state index in [0.29, 0.717) is 26.7 Å². The first kappa shape index (κ1) is 24.2. The topological polar surface area (TPSA) is 82.2 Å². The molecule has 2 aliphatic rings. The van der Waals surface area contributed by atoms with Crippen LogP contribution in [-0.4, -0.2) is 42.2 Å². The minimum Gasteiger partial charge on any atom is -0.362 e. The highest BCUT2D eigenvalue weighted by Gasteiger charge is 2.25. The van der Waals surface area contributed by atoms with E-state index >= 15 is 0 Å². The molecule has 1 aromatic heterocycles. The van der Waals surface area contributed by atoms with Gasteiger partial charge < -0.3 is 20.9 Å². The SMILES string of the molecule is CN(C)c1nc(N[C@H]2CC[C@@H](NC(=O)Nc3c(Cl)cc(Cl)cc3Cl)CC2)nc2c1CCCC2. The Morgan fingerprint density at radius 1 is 0.970 bits per heavy atom. The number of nitrogens with one attached hydrogen (secondary N) is 3. The standard InChI is InChI=1S/C23H29Cl3N6O/c1-32(2)21-16-5-3-4-6-19(16)29-22(31-21)27-14-7-9-15(10-8-14)28-23(33)30-20-17(25)11-13(24)12-18(20)26/h11-12,14-15H,3-10H2,1-2H3,(H,27,29,31)(H2,28,30,33)/t14-,15+. The van der Waals surface area contributed by atoms with Crippen LogP contribution in [0.3, 0.4) is 0 Å².